The topological polar surface area (TPSA) is 9.86 Å². The van der Waals surface area contributed by atoms with Gasteiger partial charge in [-0.25, -0.2) is 0 Å². The zero-order chi connectivity index (χ0) is 30.0. The van der Waals surface area contributed by atoms with Crippen molar-refractivity contribution in [2.24, 2.45) is 0 Å². The molecule has 2 heterocycles. The molecular weight excluding hydrogens is 703 g/mol. The van der Waals surface area contributed by atoms with Crippen molar-refractivity contribution in [1.29, 1.82) is 0 Å². The average Bonchev–Trinajstić information content (AvgIpc) is 3.65. The number of halogens is 2. The van der Waals surface area contributed by atoms with E-state index in [4.69, 9.17) is 0 Å². The molecule has 0 unspecified atom stereocenters. The van der Waals surface area contributed by atoms with E-state index in [1.165, 1.54) is 55.4 Å². The van der Waals surface area contributed by atoms with Crippen molar-refractivity contribution < 1.29 is 48.0 Å². The molecule has 0 saturated carbocycles. The number of benzene rings is 4. The zero-order valence-corrected chi connectivity index (χ0v) is 33.5. The van der Waals surface area contributed by atoms with Gasteiger partial charge in [-0.2, -0.15) is 0 Å². The molecule has 0 spiro atoms. The molecule has 2 aromatic heterocycles. The Hall–Kier alpha value is -2.14. The maximum Gasteiger partial charge on any atom is -1.00 e. The largest absolute Gasteiger partial charge is 1.00 e. The van der Waals surface area contributed by atoms with Crippen molar-refractivity contribution in [2.75, 3.05) is 0 Å². The van der Waals surface area contributed by atoms with Crippen LogP contribution in [-0.4, -0.2) is 24.9 Å². The first-order chi connectivity index (χ1) is 20.4. The number of hydrogen-bond donors (Lipinski definition) is 0. The fraction of sp³-hybridized carbons (Fsp3) is 0.263. The van der Waals surface area contributed by atoms with Crippen LogP contribution < -0.4 is 31.4 Å². The van der Waals surface area contributed by atoms with Crippen LogP contribution in [0, 0.1) is 13.8 Å². The number of hydrogen-bond acceptors (Lipinski definition) is 0. The van der Waals surface area contributed by atoms with Gasteiger partial charge in [0.2, 0.25) is 0 Å². The molecule has 8 rings (SSSR count). The van der Waals surface area contributed by atoms with E-state index in [2.05, 4.69) is 134 Å². The summed E-state index contributed by atoms with van der Waals surface area (Å²) < 4.78 is 8.85. The van der Waals surface area contributed by atoms with E-state index in [0.29, 0.717) is 0 Å². The number of nitrogens with zero attached hydrogens (tertiary/aromatic N) is 2. The average molecular weight is 743 g/mol. The molecule has 228 valence electrons. The fourth-order valence-electron chi connectivity index (χ4n) is 7.99. The summed E-state index contributed by atoms with van der Waals surface area (Å²) in [5, 5.41) is 2.96. The van der Waals surface area contributed by atoms with Crippen LogP contribution in [0.2, 0.25) is 39.3 Å². The second-order valence-corrected chi connectivity index (χ2v) is 27.7. The summed E-state index contributed by atoms with van der Waals surface area (Å²) in [7, 11) is -3.28. The molecule has 45 heavy (non-hydrogen) atoms. The van der Waals surface area contributed by atoms with E-state index in [0.717, 1.165) is 12.8 Å². The van der Waals surface area contributed by atoms with Crippen molar-refractivity contribution >= 4 is 44.8 Å². The molecule has 4 aromatic carbocycles. The fourth-order valence-corrected chi connectivity index (χ4v) is 15.1. The molecule has 0 bridgehead atoms. The van der Waals surface area contributed by atoms with Crippen molar-refractivity contribution in [2.45, 2.75) is 66.0 Å². The van der Waals surface area contributed by atoms with Crippen LogP contribution in [-0.2, 0) is 36.1 Å². The van der Waals surface area contributed by atoms with Gasteiger partial charge in [0, 0.05) is 0 Å². The molecule has 0 aliphatic heterocycles. The first-order valence-electron chi connectivity index (χ1n) is 15.7. The Morgan fingerprint density at radius 1 is 0.533 bits per heavy atom. The normalized spacial score (nSPS) is 13.2. The molecule has 0 N–H and O–H groups in total. The number of rotatable bonds is 4. The molecule has 0 saturated heterocycles. The maximum absolute atomic E-state index is 2.76. The Morgan fingerprint density at radius 3 is 1.31 bits per heavy atom. The summed E-state index contributed by atoms with van der Waals surface area (Å²) in [6.07, 6.45) is 2.16. The molecule has 0 fully saturated rings. The minimum atomic E-state index is -1.64. The van der Waals surface area contributed by atoms with Crippen molar-refractivity contribution in [3.63, 3.8) is 0 Å². The standard InChI is InChI=1S/2C19H20NSi.2ClH.Zr/c2*1-13-9-10-18-16(11-13)17-12-14-7-5-6-8-15(14)19(17)20(18)21(2,3)4;;;/h2*5-6,8-11H,12H2,1-4H3;2*1H;/q;;;;+2/p-2. The third-order valence-corrected chi connectivity index (χ3v) is 16.9. The Morgan fingerprint density at radius 2 is 0.933 bits per heavy atom. The van der Waals surface area contributed by atoms with E-state index in [-0.39, 0.29) is 24.8 Å². The van der Waals surface area contributed by atoms with Gasteiger partial charge in [0.05, 0.1) is 0 Å². The molecule has 6 aromatic rings. The first kappa shape index (κ1) is 32.8. The van der Waals surface area contributed by atoms with Crippen LogP contribution in [0.5, 0.6) is 0 Å². The zero-order valence-electron chi connectivity index (χ0n) is 27.5. The van der Waals surface area contributed by atoms with Crippen LogP contribution in [0.25, 0.3) is 44.3 Å². The smallest absolute Gasteiger partial charge is 1.00 e. The quantitative estimate of drug-likeness (QED) is 0.246. The van der Waals surface area contributed by atoms with Gasteiger partial charge in [0.15, 0.2) is 0 Å². The number of fused-ring (bicyclic) bond motifs is 10. The molecule has 2 aliphatic carbocycles. The summed E-state index contributed by atoms with van der Waals surface area (Å²) >= 11 is -1.04. The molecule has 2 nitrogen and oxygen atoms in total. The Balaban J connectivity index is 0.00000179. The van der Waals surface area contributed by atoms with E-state index >= 15 is 0 Å². The number of aromatic nitrogens is 2. The van der Waals surface area contributed by atoms with Gasteiger partial charge in [-0.15, -0.1) is 0 Å². The molecule has 0 atom stereocenters. The van der Waals surface area contributed by atoms with Crippen LogP contribution in [0.4, 0.5) is 0 Å². The maximum atomic E-state index is 2.76. The molecule has 7 heteroatoms. The Labute approximate surface area is 293 Å². The summed E-state index contributed by atoms with van der Waals surface area (Å²) in [6, 6.07) is 28.7. The second-order valence-electron chi connectivity index (χ2n) is 14.8. The number of aryl methyl sites for hydroxylation is 2. The van der Waals surface area contributed by atoms with Crippen LogP contribution in [0.15, 0.2) is 72.8 Å². The van der Waals surface area contributed by atoms with E-state index in [1.807, 2.05) is 0 Å². The van der Waals surface area contributed by atoms with Crippen LogP contribution >= 0.6 is 0 Å². The van der Waals surface area contributed by atoms with Crippen LogP contribution in [0.3, 0.4) is 0 Å². The third kappa shape index (κ3) is 4.95. The van der Waals surface area contributed by atoms with Crippen LogP contribution in [0.1, 0.15) is 33.4 Å². The summed E-state index contributed by atoms with van der Waals surface area (Å²) in [5.41, 5.74) is 18.0. The minimum Gasteiger partial charge on any atom is -1.00 e. The second kappa shape index (κ2) is 11.2. The Bertz CT molecular complexity index is 2010. The van der Waals surface area contributed by atoms with E-state index in [1.54, 1.807) is 28.8 Å². The van der Waals surface area contributed by atoms with Gasteiger partial charge < -0.3 is 24.8 Å². The predicted octanol–water partition coefficient (Wildman–Crippen LogP) is 2.76. The minimum absolute atomic E-state index is 0. The predicted molar refractivity (Wildman–Crippen MR) is 187 cm³/mol. The molecule has 2 aliphatic rings. The monoisotopic (exact) mass is 740 g/mol. The van der Waals surface area contributed by atoms with Gasteiger partial charge in [-0.1, -0.05) is 0 Å². The van der Waals surface area contributed by atoms with Gasteiger partial charge >= 0.3 is 271 Å². The molecule has 0 radical (unpaired) electrons. The van der Waals surface area contributed by atoms with Gasteiger partial charge in [-0.05, 0) is 0 Å². The van der Waals surface area contributed by atoms with Gasteiger partial charge in [-0.3, -0.25) is 0 Å². The van der Waals surface area contributed by atoms with Crippen molar-refractivity contribution in [3.8, 4) is 22.5 Å². The summed E-state index contributed by atoms with van der Waals surface area (Å²) in [5.74, 6) is 0. The van der Waals surface area contributed by atoms with Crippen molar-refractivity contribution in [3.05, 3.63) is 106 Å². The third-order valence-electron chi connectivity index (χ3n) is 9.64. The van der Waals surface area contributed by atoms with Crippen molar-refractivity contribution in [1.82, 2.24) is 8.47 Å². The first-order valence-corrected chi connectivity index (χ1v) is 25.1. The molecular formula is C38H40Cl2N2Si2Zr. The van der Waals surface area contributed by atoms with E-state index in [9.17, 15) is 0 Å². The van der Waals surface area contributed by atoms with Gasteiger partial charge in [0.25, 0.3) is 0 Å². The summed E-state index contributed by atoms with van der Waals surface area (Å²) in [6.45, 7) is 19.4. The molecule has 0 amide bonds. The SMILES string of the molecule is Cc1ccc2c(c1)c1c(n2[Si](C)(C)C)-c2ccc[c]([Zr+2][c]3cccc4c3Cc3c-4n([Si](C)(C)C)c4ccc(C)cc34)c2C1.[Cl-].[Cl-]. The van der Waals surface area contributed by atoms with Gasteiger partial charge in [0.1, 0.15) is 0 Å². The van der Waals surface area contributed by atoms with E-state index < -0.39 is 39.7 Å². The Kier molecular flexibility index (Phi) is 8.19. The summed E-state index contributed by atoms with van der Waals surface area (Å²) in [4.78, 5) is 0.